The van der Waals surface area contributed by atoms with Crippen LogP contribution in [-0.2, 0) is 13.0 Å². The van der Waals surface area contributed by atoms with Gasteiger partial charge in [0, 0.05) is 26.6 Å². The molecule has 2 aromatic rings. The summed E-state index contributed by atoms with van der Waals surface area (Å²) in [5.41, 5.74) is 3.37. The van der Waals surface area contributed by atoms with Gasteiger partial charge in [-0.25, -0.2) is 0 Å². The van der Waals surface area contributed by atoms with Crippen LogP contribution >= 0.6 is 50.1 Å². The highest BCUT2D eigenvalue weighted by molar-refractivity contribution is 14.1. The third-order valence-corrected chi connectivity index (χ3v) is 4.67. The maximum absolute atomic E-state index is 6.24. The Bertz CT molecular complexity index is 663. The van der Waals surface area contributed by atoms with Crippen LogP contribution in [0.5, 0.6) is 5.75 Å². The zero-order valence-corrected chi connectivity index (χ0v) is 15.0. The fourth-order valence-corrected chi connectivity index (χ4v) is 3.78. The van der Waals surface area contributed by atoms with Crippen molar-refractivity contribution in [3.63, 3.8) is 0 Å². The summed E-state index contributed by atoms with van der Waals surface area (Å²) in [6, 6.07) is 10.2. The number of fused-ring (bicyclic) bond motifs is 1. The summed E-state index contributed by atoms with van der Waals surface area (Å²) < 4.78 is 7.95. The van der Waals surface area contributed by atoms with E-state index >= 15 is 0 Å². The first-order valence-electron chi connectivity index (χ1n) is 6.26. The van der Waals surface area contributed by atoms with Crippen LogP contribution in [0.1, 0.15) is 11.1 Å². The monoisotopic (exact) mass is 463 g/mol. The fourth-order valence-electron chi connectivity index (χ4n) is 2.30. The molecule has 2 nitrogen and oxygen atoms in total. The zero-order chi connectivity index (χ0) is 14.1. The van der Waals surface area contributed by atoms with Gasteiger partial charge in [0.2, 0.25) is 0 Å². The normalized spacial score (nSPS) is 12.9. The van der Waals surface area contributed by atoms with E-state index < -0.39 is 0 Å². The maximum Gasteiger partial charge on any atom is 0.127 e. The minimum Gasteiger partial charge on any atom is -0.493 e. The number of rotatable bonds is 3. The van der Waals surface area contributed by atoms with Gasteiger partial charge >= 0.3 is 0 Å². The molecule has 0 saturated carbocycles. The maximum atomic E-state index is 6.24. The van der Waals surface area contributed by atoms with Crippen molar-refractivity contribution >= 4 is 55.8 Å². The van der Waals surface area contributed by atoms with Crippen LogP contribution in [-0.4, -0.2) is 6.61 Å². The number of benzene rings is 2. The Morgan fingerprint density at radius 1 is 1.30 bits per heavy atom. The molecule has 0 saturated heterocycles. The number of hydrogen-bond acceptors (Lipinski definition) is 2. The summed E-state index contributed by atoms with van der Waals surface area (Å²) in [4.78, 5) is 0. The van der Waals surface area contributed by atoms with Gasteiger partial charge < -0.3 is 10.1 Å². The van der Waals surface area contributed by atoms with Crippen LogP contribution in [0.4, 0.5) is 5.69 Å². The van der Waals surface area contributed by atoms with Gasteiger partial charge in [-0.2, -0.15) is 0 Å². The van der Waals surface area contributed by atoms with Crippen molar-refractivity contribution in [2.75, 3.05) is 11.9 Å². The summed E-state index contributed by atoms with van der Waals surface area (Å²) in [5.74, 6) is 1.02. The van der Waals surface area contributed by atoms with E-state index in [2.05, 4.69) is 56.0 Å². The molecule has 5 heteroatoms. The van der Waals surface area contributed by atoms with Gasteiger partial charge in [-0.3, -0.25) is 0 Å². The summed E-state index contributed by atoms with van der Waals surface area (Å²) >= 11 is 12.0. The molecule has 1 N–H and O–H groups in total. The quantitative estimate of drug-likeness (QED) is 0.627. The SMILES string of the molecule is Clc1cc(I)ccc1NCc1cc(Br)cc2c1OCC2. The van der Waals surface area contributed by atoms with Crippen molar-refractivity contribution in [3.8, 4) is 5.75 Å². The molecular formula is C15H12BrClINO. The second-order valence-corrected chi connectivity index (χ2v) is 7.20. The van der Waals surface area contributed by atoms with Gasteiger partial charge in [0.1, 0.15) is 5.75 Å². The van der Waals surface area contributed by atoms with Gasteiger partial charge in [0.25, 0.3) is 0 Å². The number of nitrogens with one attached hydrogen (secondary N) is 1. The van der Waals surface area contributed by atoms with Crippen molar-refractivity contribution in [2.24, 2.45) is 0 Å². The van der Waals surface area contributed by atoms with Crippen LogP contribution in [0, 0.1) is 3.57 Å². The smallest absolute Gasteiger partial charge is 0.127 e. The fraction of sp³-hybridized carbons (Fsp3) is 0.200. The van der Waals surface area contributed by atoms with E-state index in [1.54, 1.807) is 0 Å². The molecule has 0 aromatic heterocycles. The van der Waals surface area contributed by atoms with Crippen LogP contribution in [0.25, 0.3) is 0 Å². The molecule has 1 aliphatic rings. The largest absolute Gasteiger partial charge is 0.493 e. The molecule has 1 heterocycles. The first kappa shape index (κ1) is 14.5. The van der Waals surface area contributed by atoms with Crippen molar-refractivity contribution in [2.45, 2.75) is 13.0 Å². The van der Waals surface area contributed by atoms with Gasteiger partial charge in [-0.1, -0.05) is 27.5 Å². The van der Waals surface area contributed by atoms with Crippen molar-refractivity contribution < 1.29 is 4.74 Å². The van der Waals surface area contributed by atoms with Crippen LogP contribution in [0.15, 0.2) is 34.8 Å². The van der Waals surface area contributed by atoms with E-state index in [0.29, 0.717) is 6.54 Å². The molecule has 0 fully saturated rings. The van der Waals surface area contributed by atoms with E-state index in [-0.39, 0.29) is 0 Å². The lowest BCUT2D eigenvalue weighted by molar-refractivity contribution is 0.354. The highest BCUT2D eigenvalue weighted by Gasteiger charge is 2.17. The van der Waals surface area contributed by atoms with Crippen molar-refractivity contribution in [3.05, 3.63) is 54.5 Å². The summed E-state index contributed by atoms with van der Waals surface area (Å²) in [7, 11) is 0. The highest BCUT2D eigenvalue weighted by atomic mass is 127. The molecular weight excluding hydrogens is 452 g/mol. The lowest BCUT2D eigenvalue weighted by Crippen LogP contribution is -2.02. The molecule has 20 heavy (non-hydrogen) atoms. The van der Waals surface area contributed by atoms with Crippen LogP contribution in [0.2, 0.25) is 5.02 Å². The molecule has 0 bridgehead atoms. The van der Waals surface area contributed by atoms with Crippen molar-refractivity contribution in [1.82, 2.24) is 0 Å². The number of hydrogen-bond donors (Lipinski definition) is 1. The summed E-state index contributed by atoms with van der Waals surface area (Å²) in [6.45, 7) is 1.46. The minimum absolute atomic E-state index is 0.697. The zero-order valence-electron chi connectivity index (χ0n) is 10.6. The Balaban J connectivity index is 1.82. The Morgan fingerprint density at radius 3 is 2.95 bits per heavy atom. The summed E-state index contributed by atoms with van der Waals surface area (Å²) in [5, 5.41) is 4.12. The first-order chi connectivity index (χ1) is 9.63. The molecule has 3 rings (SSSR count). The van der Waals surface area contributed by atoms with Gasteiger partial charge in [-0.15, -0.1) is 0 Å². The topological polar surface area (TPSA) is 21.3 Å². The predicted molar refractivity (Wildman–Crippen MR) is 94.8 cm³/mol. The Labute approximate surface area is 145 Å². The number of ether oxygens (including phenoxy) is 1. The molecule has 0 atom stereocenters. The van der Waals surface area contributed by atoms with Gasteiger partial charge in [0.05, 0.1) is 17.3 Å². The average Bonchev–Trinajstić information content (AvgIpc) is 2.85. The van der Waals surface area contributed by atoms with Gasteiger partial charge in [-0.05, 0) is 58.5 Å². The highest BCUT2D eigenvalue weighted by Crippen LogP contribution is 2.34. The molecule has 1 aliphatic heterocycles. The van der Waals surface area contributed by atoms with Crippen LogP contribution in [0.3, 0.4) is 0 Å². The predicted octanol–water partition coefficient (Wildman–Crippen LogP) is 5.25. The van der Waals surface area contributed by atoms with E-state index in [4.69, 9.17) is 16.3 Å². The molecule has 104 valence electrons. The Morgan fingerprint density at radius 2 is 2.15 bits per heavy atom. The molecule has 0 radical (unpaired) electrons. The van der Waals surface area contributed by atoms with E-state index in [1.807, 2.05) is 18.2 Å². The van der Waals surface area contributed by atoms with E-state index in [1.165, 1.54) is 5.56 Å². The average molecular weight is 465 g/mol. The standard InChI is InChI=1S/C15H12BrClINO/c16-11-5-9-3-4-20-15(9)10(6-11)8-19-14-2-1-12(18)7-13(14)17/h1-2,5-7,19H,3-4,8H2. The lowest BCUT2D eigenvalue weighted by Gasteiger charge is -2.12. The van der Waals surface area contributed by atoms with E-state index in [9.17, 15) is 0 Å². The number of halogens is 3. The van der Waals surface area contributed by atoms with Crippen molar-refractivity contribution in [1.29, 1.82) is 0 Å². The third kappa shape index (κ3) is 3.07. The second-order valence-electron chi connectivity index (χ2n) is 4.63. The summed E-state index contributed by atoms with van der Waals surface area (Å²) in [6.07, 6.45) is 0.978. The Hall–Kier alpha value is -0.460. The molecule has 0 aliphatic carbocycles. The lowest BCUT2D eigenvalue weighted by atomic mass is 10.1. The molecule has 0 unspecified atom stereocenters. The second kappa shape index (κ2) is 6.12. The number of anilines is 1. The molecule has 2 aromatic carbocycles. The molecule has 0 spiro atoms. The van der Waals surface area contributed by atoms with Gasteiger partial charge in [0.15, 0.2) is 0 Å². The minimum atomic E-state index is 0.697. The van der Waals surface area contributed by atoms with Crippen LogP contribution < -0.4 is 10.1 Å². The third-order valence-electron chi connectivity index (χ3n) is 3.23. The molecule has 0 amide bonds. The Kier molecular flexibility index (Phi) is 4.43. The van der Waals surface area contributed by atoms with E-state index in [0.717, 1.165) is 43.1 Å². The first-order valence-corrected chi connectivity index (χ1v) is 8.51.